The normalized spacial score (nSPS) is 15.9. The Morgan fingerprint density at radius 2 is 1.35 bits per heavy atom. The highest BCUT2D eigenvalue weighted by molar-refractivity contribution is 5.84. The predicted octanol–water partition coefficient (Wildman–Crippen LogP) is 0.436. The lowest BCUT2D eigenvalue weighted by atomic mass is 10.2. The fourth-order valence-corrected chi connectivity index (χ4v) is 1.87. The maximum absolute atomic E-state index is 11.7. The van der Waals surface area contributed by atoms with E-state index in [9.17, 15) is 14.4 Å². The van der Waals surface area contributed by atoms with Crippen LogP contribution >= 0.6 is 0 Å². The number of Topliss-reactive ketones (excluding diaryl/α,β-unsaturated/α-hetero) is 1. The van der Waals surface area contributed by atoms with Gasteiger partial charge in [0.05, 0.1) is 0 Å². The first-order valence-electron chi connectivity index (χ1n) is 6.09. The Balaban J connectivity index is 2.33. The molecule has 96 valence electrons. The molecule has 0 saturated carbocycles. The fraction of sp³-hybridized carbons (Fsp3) is 0.750. The highest BCUT2D eigenvalue weighted by Gasteiger charge is 2.22. The van der Waals surface area contributed by atoms with E-state index in [1.807, 2.05) is 6.92 Å². The van der Waals surface area contributed by atoms with Crippen LogP contribution in [-0.4, -0.2) is 53.6 Å². The Bertz CT molecular complexity index is 307. The molecule has 1 rings (SSSR count). The Morgan fingerprint density at radius 3 is 1.76 bits per heavy atom. The second-order valence-electron chi connectivity index (χ2n) is 4.32. The lowest BCUT2D eigenvalue weighted by Gasteiger charge is -2.34. The number of carbonyl (C=O) groups is 3. The lowest BCUT2D eigenvalue weighted by molar-refractivity contribution is -0.139. The van der Waals surface area contributed by atoms with Crippen LogP contribution in [-0.2, 0) is 14.4 Å². The van der Waals surface area contributed by atoms with Gasteiger partial charge in [-0.15, -0.1) is 0 Å². The SMILES string of the molecule is CCC(=O)N1CCN(C(=O)CCC(C)=O)CC1. The molecule has 2 amide bonds. The lowest BCUT2D eigenvalue weighted by Crippen LogP contribution is -2.50. The molecule has 0 aromatic rings. The summed E-state index contributed by atoms with van der Waals surface area (Å²) in [5.41, 5.74) is 0. The molecule has 1 aliphatic heterocycles. The summed E-state index contributed by atoms with van der Waals surface area (Å²) in [6, 6.07) is 0. The standard InChI is InChI=1S/C12H20N2O3/c1-3-11(16)13-6-8-14(9-7-13)12(17)5-4-10(2)15/h3-9H2,1-2H3. The van der Waals surface area contributed by atoms with Crippen LogP contribution in [0.1, 0.15) is 33.1 Å². The number of nitrogens with zero attached hydrogens (tertiary/aromatic N) is 2. The molecule has 1 aliphatic rings. The van der Waals surface area contributed by atoms with Crippen LogP contribution in [0, 0.1) is 0 Å². The van der Waals surface area contributed by atoms with Gasteiger partial charge in [-0.2, -0.15) is 0 Å². The molecule has 17 heavy (non-hydrogen) atoms. The van der Waals surface area contributed by atoms with E-state index in [0.29, 0.717) is 39.0 Å². The highest BCUT2D eigenvalue weighted by atomic mass is 16.2. The Kier molecular flexibility index (Phi) is 5.12. The van der Waals surface area contributed by atoms with E-state index in [4.69, 9.17) is 0 Å². The van der Waals surface area contributed by atoms with E-state index >= 15 is 0 Å². The molecule has 0 spiro atoms. The van der Waals surface area contributed by atoms with E-state index in [1.165, 1.54) is 6.92 Å². The quantitative estimate of drug-likeness (QED) is 0.716. The third-order valence-corrected chi connectivity index (χ3v) is 2.98. The van der Waals surface area contributed by atoms with Gasteiger partial charge in [-0.25, -0.2) is 0 Å². The number of amides is 2. The topological polar surface area (TPSA) is 57.7 Å². The zero-order chi connectivity index (χ0) is 12.8. The summed E-state index contributed by atoms with van der Waals surface area (Å²) >= 11 is 0. The van der Waals surface area contributed by atoms with Gasteiger partial charge in [-0.1, -0.05) is 6.92 Å². The van der Waals surface area contributed by atoms with Gasteiger partial charge in [0, 0.05) is 45.4 Å². The van der Waals surface area contributed by atoms with Crippen molar-refractivity contribution in [3.63, 3.8) is 0 Å². The van der Waals surface area contributed by atoms with Gasteiger partial charge in [-0.05, 0) is 6.92 Å². The van der Waals surface area contributed by atoms with Gasteiger partial charge in [0.2, 0.25) is 11.8 Å². The van der Waals surface area contributed by atoms with Crippen molar-refractivity contribution >= 4 is 17.6 Å². The van der Waals surface area contributed by atoms with E-state index in [-0.39, 0.29) is 24.0 Å². The van der Waals surface area contributed by atoms with Crippen LogP contribution < -0.4 is 0 Å². The first kappa shape index (κ1) is 13.7. The zero-order valence-corrected chi connectivity index (χ0v) is 10.6. The van der Waals surface area contributed by atoms with Crippen LogP contribution in [0.4, 0.5) is 0 Å². The van der Waals surface area contributed by atoms with E-state index in [0.717, 1.165) is 0 Å². The van der Waals surface area contributed by atoms with Crippen molar-refractivity contribution in [2.24, 2.45) is 0 Å². The third kappa shape index (κ3) is 4.17. The molecule has 0 aliphatic carbocycles. The first-order valence-corrected chi connectivity index (χ1v) is 6.09. The van der Waals surface area contributed by atoms with Gasteiger partial charge in [0.1, 0.15) is 5.78 Å². The van der Waals surface area contributed by atoms with Gasteiger partial charge >= 0.3 is 0 Å². The molecular formula is C12H20N2O3. The number of hydrogen-bond acceptors (Lipinski definition) is 3. The number of hydrogen-bond donors (Lipinski definition) is 0. The summed E-state index contributed by atoms with van der Waals surface area (Å²) in [4.78, 5) is 37.5. The average molecular weight is 240 g/mol. The number of piperazine rings is 1. The molecule has 0 radical (unpaired) electrons. The summed E-state index contributed by atoms with van der Waals surface area (Å²) < 4.78 is 0. The number of rotatable bonds is 4. The van der Waals surface area contributed by atoms with Crippen molar-refractivity contribution < 1.29 is 14.4 Å². The molecule has 5 nitrogen and oxygen atoms in total. The molecule has 1 heterocycles. The molecule has 0 atom stereocenters. The maximum Gasteiger partial charge on any atom is 0.223 e. The van der Waals surface area contributed by atoms with Crippen LogP contribution in [0.3, 0.4) is 0 Å². The Labute approximate surface area is 102 Å². The highest BCUT2D eigenvalue weighted by Crippen LogP contribution is 2.06. The monoisotopic (exact) mass is 240 g/mol. The smallest absolute Gasteiger partial charge is 0.223 e. The molecular weight excluding hydrogens is 220 g/mol. The van der Waals surface area contributed by atoms with Crippen molar-refractivity contribution in [2.45, 2.75) is 33.1 Å². The Hall–Kier alpha value is -1.39. The van der Waals surface area contributed by atoms with E-state index < -0.39 is 0 Å². The summed E-state index contributed by atoms with van der Waals surface area (Å²) in [5.74, 6) is 0.197. The van der Waals surface area contributed by atoms with Crippen LogP contribution in [0.5, 0.6) is 0 Å². The van der Waals surface area contributed by atoms with Crippen LogP contribution in [0.15, 0.2) is 0 Å². The minimum absolute atomic E-state index is 0.0174. The van der Waals surface area contributed by atoms with Crippen molar-refractivity contribution in [1.82, 2.24) is 9.80 Å². The van der Waals surface area contributed by atoms with Gasteiger partial charge < -0.3 is 14.6 Å². The molecule has 1 saturated heterocycles. The van der Waals surface area contributed by atoms with Gasteiger partial charge in [0.25, 0.3) is 0 Å². The number of ketones is 1. The number of carbonyl (C=O) groups excluding carboxylic acids is 3. The van der Waals surface area contributed by atoms with E-state index in [2.05, 4.69) is 0 Å². The fourth-order valence-electron chi connectivity index (χ4n) is 1.87. The minimum Gasteiger partial charge on any atom is -0.339 e. The average Bonchev–Trinajstić information content (AvgIpc) is 2.35. The summed E-state index contributed by atoms with van der Waals surface area (Å²) in [7, 11) is 0. The molecule has 0 N–H and O–H groups in total. The van der Waals surface area contributed by atoms with Gasteiger partial charge in [0.15, 0.2) is 0 Å². The van der Waals surface area contributed by atoms with Crippen molar-refractivity contribution in [3.8, 4) is 0 Å². The van der Waals surface area contributed by atoms with Crippen molar-refractivity contribution in [2.75, 3.05) is 26.2 Å². The molecule has 0 unspecified atom stereocenters. The molecule has 0 aromatic carbocycles. The molecule has 0 aromatic heterocycles. The van der Waals surface area contributed by atoms with Crippen molar-refractivity contribution in [1.29, 1.82) is 0 Å². The minimum atomic E-state index is 0.0174. The zero-order valence-electron chi connectivity index (χ0n) is 10.6. The predicted molar refractivity (Wildman–Crippen MR) is 63.4 cm³/mol. The van der Waals surface area contributed by atoms with Crippen LogP contribution in [0.2, 0.25) is 0 Å². The summed E-state index contributed by atoms with van der Waals surface area (Å²) in [6.45, 7) is 5.72. The maximum atomic E-state index is 11.7. The van der Waals surface area contributed by atoms with Crippen molar-refractivity contribution in [3.05, 3.63) is 0 Å². The second kappa shape index (κ2) is 6.37. The third-order valence-electron chi connectivity index (χ3n) is 2.98. The molecule has 0 bridgehead atoms. The van der Waals surface area contributed by atoms with Crippen LogP contribution in [0.25, 0.3) is 0 Å². The second-order valence-corrected chi connectivity index (χ2v) is 4.32. The summed E-state index contributed by atoms with van der Waals surface area (Å²) in [6.07, 6.45) is 1.11. The molecule has 5 heteroatoms. The Morgan fingerprint density at radius 1 is 0.882 bits per heavy atom. The summed E-state index contributed by atoms with van der Waals surface area (Å²) in [5, 5.41) is 0. The van der Waals surface area contributed by atoms with Gasteiger partial charge in [-0.3, -0.25) is 9.59 Å². The molecule has 1 fully saturated rings. The largest absolute Gasteiger partial charge is 0.339 e. The van der Waals surface area contributed by atoms with E-state index in [1.54, 1.807) is 9.80 Å². The first-order chi connectivity index (χ1) is 8.04.